The zero-order valence-electron chi connectivity index (χ0n) is 11.5. The number of carboxylic acids is 1. The number of hydrogen-bond acceptors (Lipinski definition) is 4. The van der Waals surface area contributed by atoms with E-state index >= 15 is 0 Å². The molecule has 3 rings (SSSR count). The Bertz CT molecular complexity index is 626. The molecule has 0 saturated carbocycles. The van der Waals surface area contributed by atoms with Gasteiger partial charge in [0.15, 0.2) is 0 Å². The molecule has 110 valence electrons. The number of aliphatic hydroxyl groups is 1. The Hall–Kier alpha value is -2.18. The van der Waals surface area contributed by atoms with E-state index in [-0.39, 0.29) is 6.42 Å². The Kier molecular flexibility index (Phi) is 3.72. The molecule has 0 unspecified atom stereocenters. The second-order valence-electron chi connectivity index (χ2n) is 5.30. The molecule has 1 aromatic carbocycles. The molecule has 6 heteroatoms. The number of aliphatic carboxylic acids is 1. The summed E-state index contributed by atoms with van der Waals surface area (Å²) in [5.74, 6) is -0.887. The number of carbonyl (C=O) groups is 1. The van der Waals surface area contributed by atoms with Crippen LogP contribution >= 0.6 is 0 Å². The van der Waals surface area contributed by atoms with Gasteiger partial charge in [-0.25, -0.2) is 4.68 Å². The largest absolute Gasteiger partial charge is 0.480 e. The van der Waals surface area contributed by atoms with Crippen molar-refractivity contribution < 1.29 is 15.0 Å². The number of aromatic nitrogens is 2. The molecule has 1 fully saturated rings. The SMILES string of the molecule is O=C(O)[C@@H]1C[C@@H](O)CN1Cc1cnn(-c2ccccc2)c1. The van der Waals surface area contributed by atoms with Gasteiger partial charge in [-0.05, 0) is 12.1 Å². The summed E-state index contributed by atoms with van der Waals surface area (Å²) < 4.78 is 1.76. The van der Waals surface area contributed by atoms with Crippen molar-refractivity contribution in [1.82, 2.24) is 14.7 Å². The van der Waals surface area contributed by atoms with E-state index in [4.69, 9.17) is 0 Å². The average molecular weight is 287 g/mol. The van der Waals surface area contributed by atoms with Crippen molar-refractivity contribution in [1.29, 1.82) is 0 Å². The van der Waals surface area contributed by atoms with Crippen molar-refractivity contribution in [2.24, 2.45) is 0 Å². The van der Waals surface area contributed by atoms with Crippen LogP contribution in [-0.2, 0) is 11.3 Å². The Labute approximate surface area is 122 Å². The topological polar surface area (TPSA) is 78.6 Å². The van der Waals surface area contributed by atoms with E-state index in [0.717, 1.165) is 11.3 Å². The van der Waals surface area contributed by atoms with Crippen LogP contribution in [0.4, 0.5) is 0 Å². The molecule has 21 heavy (non-hydrogen) atoms. The van der Waals surface area contributed by atoms with Crippen LogP contribution in [0.5, 0.6) is 0 Å². The molecular formula is C15H17N3O3. The number of benzene rings is 1. The quantitative estimate of drug-likeness (QED) is 0.873. The number of para-hydroxylation sites is 1. The Morgan fingerprint density at radius 1 is 1.33 bits per heavy atom. The van der Waals surface area contributed by atoms with Crippen LogP contribution in [-0.4, -0.2) is 49.6 Å². The fourth-order valence-electron chi connectivity index (χ4n) is 2.71. The smallest absolute Gasteiger partial charge is 0.321 e. The van der Waals surface area contributed by atoms with Crippen LogP contribution in [0.3, 0.4) is 0 Å². The van der Waals surface area contributed by atoms with Crippen LogP contribution in [0.15, 0.2) is 42.7 Å². The summed E-state index contributed by atoms with van der Waals surface area (Å²) in [4.78, 5) is 13.0. The second-order valence-corrected chi connectivity index (χ2v) is 5.30. The minimum Gasteiger partial charge on any atom is -0.480 e. The van der Waals surface area contributed by atoms with Gasteiger partial charge in [-0.2, -0.15) is 5.10 Å². The molecule has 0 bridgehead atoms. The van der Waals surface area contributed by atoms with E-state index in [9.17, 15) is 15.0 Å². The third-order valence-electron chi connectivity index (χ3n) is 3.71. The van der Waals surface area contributed by atoms with Crippen molar-refractivity contribution in [2.75, 3.05) is 6.54 Å². The van der Waals surface area contributed by atoms with Crippen LogP contribution in [0.1, 0.15) is 12.0 Å². The van der Waals surface area contributed by atoms with E-state index in [1.807, 2.05) is 36.5 Å². The van der Waals surface area contributed by atoms with Crippen molar-refractivity contribution in [3.8, 4) is 5.69 Å². The maximum atomic E-state index is 11.2. The number of aliphatic hydroxyl groups excluding tert-OH is 1. The molecule has 6 nitrogen and oxygen atoms in total. The van der Waals surface area contributed by atoms with Gasteiger partial charge in [0.2, 0.25) is 0 Å². The summed E-state index contributed by atoms with van der Waals surface area (Å²) in [5.41, 5.74) is 1.89. The number of β-amino-alcohol motifs (C(OH)–C–C–N with tert-alkyl or cyclic N) is 1. The summed E-state index contributed by atoms with van der Waals surface area (Å²) in [6, 6.07) is 9.10. The highest BCUT2D eigenvalue weighted by Gasteiger charge is 2.35. The van der Waals surface area contributed by atoms with Gasteiger partial charge in [-0.1, -0.05) is 18.2 Å². The number of rotatable bonds is 4. The molecule has 0 spiro atoms. The van der Waals surface area contributed by atoms with Crippen molar-refractivity contribution in [2.45, 2.75) is 25.1 Å². The lowest BCUT2D eigenvalue weighted by atomic mass is 10.2. The zero-order valence-corrected chi connectivity index (χ0v) is 11.5. The van der Waals surface area contributed by atoms with Gasteiger partial charge in [0.1, 0.15) is 6.04 Å². The average Bonchev–Trinajstić information content (AvgIpc) is 3.07. The maximum absolute atomic E-state index is 11.2. The zero-order chi connectivity index (χ0) is 14.8. The van der Waals surface area contributed by atoms with E-state index in [0.29, 0.717) is 13.1 Å². The number of nitrogens with zero attached hydrogens (tertiary/aromatic N) is 3. The first-order chi connectivity index (χ1) is 10.1. The third-order valence-corrected chi connectivity index (χ3v) is 3.71. The van der Waals surface area contributed by atoms with Gasteiger partial charge >= 0.3 is 5.97 Å². The van der Waals surface area contributed by atoms with Gasteiger partial charge in [-0.3, -0.25) is 9.69 Å². The molecular weight excluding hydrogens is 270 g/mol. The van der Waals surface area contributed by atoms with E-state index < -0.39 is 18.1 Å². The predicted molar refractivity (Wildman–Crippen MR) is 76.0 cm³/mol. The lowest BCUT2D eigenvalue weighted by molar-refractivity contribution is -0.142. The molecule has 1 aliphatic heterocycles. The fourth-order valence-corrected chi connectivity index (χ4v) is 2.71. The predicted octanol–water partition coefficient (Wildman–Crippen LogP) is 0.892. The highest BCUT2D eigenvalue weighted by atomic mass is 16.4. The summed E-state index contributed by atoms with van der Waals surface area (Å²) in [6.07, 6.45) is 3.33. The monoisotopic (exact) mass is 287 g/mol. The maximum Gasteiger partial charge on any atom is 0.321 e. The summed E-state index contributed by atoms with van der Waals surface area (Å²) in [7, 11) is 0. The minimum atomic E-state index is -0.887. The molecule has 2 N–H and O–H groups in total. The first kappa shape index (κ1) is 13.8. The lowest BCUT2D eigenvalue weighted by Gasteiger charge is -2.19. The molecule has 0 radical (unpaired) electrons. The molecule has 1 saturated heterocycles. The number of likely N-dealkylation sites (tertiary alicyclic amines) is 1. The number of carboxylic acid groups (broad SMARTS) is 1. The first-order valence-corrected chi connectivity index (χ1v) is 6.87. The second kappa shape index (κ2) is 5.67. The molecule has 1 aromatic heterocycles. The van der Waals surface area contributed by atoms with E-state index in [2.05, 4.69) is 5.10 Å². The summed E-state index contributed by atoms with van der Waals surface area (Å²) in [5, 5.41) is 23.1. The normalized spacial score (nSPS) is 22.5. The Morgan fingerprint density at radius 3 is 2.81 bits per heavy atom. The molecule has 2 heterocycles. The van der Waals surface area contributed by atoms with Crippen molar-refractivity contribution in [3.05, 3.63) is 48.3 Å². The van der Waals surface area contributed by atoms with Gasteiger partial charge in [0, 0.05) is 31.3 Å². The van der Waals surface area contributed by atoms with E-state index in [1.165, 1.54) is 0 Å². The number of hydrogen-bond donors (Lipinski definition) is 2. The standard InChI is InChI=1S/C15H17N3O3/c19-13-6-14(15(20)21)17(10-13)8-11-7-16-18(9-11)12-4-2-1-3-5-12/h1-5,7,9,13-14,19H,6,8,10H2,(H,20,21)/t13-,14+/m1/s1. The van der Waals surface area contributed by atoms with Gasteiger partial charge in [0.25, 0.3) is 0 Å². The third kappa shape index (κ3) is 2.96. The molecule has 2 atom stereocenters. The van der Waals surface area contributed by atoms with Gasteiger partial charge < -0.3 is 10.2 Å². The molecule has 0 amide bonds. The van der Waals surface area contributed by atoms with Crippen LogP contribution < -0.4 is 0 Å². The van der Waals surface area contributed by atoms with Gasteiger partial charge in [-0.15, -0.1) is 0 Å². The van der Waals surface area contributed by atoms with Crippen LogP contribution in [0, 0.1) is 0 Å². The highest BCUT2D eigenvalue weighted by molar-refractivity contribution is 5.74. The van der Waals surface area contributed by atoms with Crippen molar-refractivity contribution >= 4 is 5.97 Å². The first-order valence-electron chi connectivity index (χ1n) is 6.87. The molecule has 1 aliphatic rings. The van der Waals surface area contributed by atoms with Crippen LogP contribution in [0.25, 0.3) is 5.69 Å². The summed E-state index contributed by atoms with van der Waals surface area (Å²) in [6.45, 7) is 0.855. The fraction of sp³-hybridized carbons (Fsp3) is 0.333. The van der Waals surface area contributed by atoms with Gasteiger partial charge in [0.05, 0.1) is 18.0 Å². The van der Waals surface area contributed by atoms with Crippen LogP contribution in [0.2, 0.25) is 0 Å². The molecule has 2 aromatic rings. The Balaban J connectivity index is 1.74. The Morgan fingerprint density at radius 2 is 2.10 bits per heavy atom. The molecule has 0 aliphatic carbocycles. The minimum absolute atomic E-state index is 0.280. The summed E-state index contributed by atoms with van der Waals surface area (Å²) >= 11 is 0. The highest BCUT2D eigenvalue weighted by Crippen LogP contribution is 2.21. The van der Waals surface area contributed by atoms with E-state index in [1.54, 1.807) is 15.8 Å². The lowest BCUT2D eigenvalue weighted by Crippen LogP contribution is -2.35. The van der Waals surface area contributed by atoms with Crippen molar-refractivity contribution in [3.63, 3.8) is 0 Å².